The Morgan fingerprint density at radius 3 is 1.25 bits per heavy atom. The van der Waals surface area contributed by atoms with Crippen LogP contribution in [0, 0.1) is 0 Å². The summed E-state index contributed by atoms with van der Waals surface area (Å²) in [4.78, 5) is 24.4. The zero-order chi connectivity index (χ0) is 44.4. The summed E-state index contributed by atoms with van der Waals surface area (Å²) in [7, 11) is 0. The molecule has 2 atom stereocenters. The minimum Gasteiger partial charge on any atom is -0.466 e. The van der Waals surface area contributed by atoms with E-state index in [9.17, 15) is 19.8 Å². The second kappa shape index (κ2) is 50.7. The molecule has 0 saturated heterocycles. The molecule has 6 nitrogen and oxygen atoms in total. The molecule has 0 aromatic heterocycles. The molecule has 0 aliphatic heterocycles. The van der Waals surface area contributed by atoms with Crippen molar-refractivity contribution in [2.75, 3.05) is 13.2 Å². The van der Waals surface area contributed by atoms with Gasteiger partial charge < -0.3 is 20.3 Å². The van der Waals surface area contributed by atoms with E-state index in [2.05, 4.69) is 43.5 Å². The van der Waals surface area contributed by atoms with Crippen LogP contribution in [0.2, 0.25) is 0 Å². The SMILES string of the molecule is CCCCCCCCCCCCCCCC/C=C/C(O)C(CO)NC(=O)CCCCCCCCC/C=C\C/C=C\CCCCCOC(=O)CCCCCCCCCCCCC. The number of aliphatic hydroxyl groups is 2. The van der Waals surface area contributed by atoms with Crippen LogP contribution in [0.3, 0.4) is 0 Å². The number of ether oxygens (including phenoxy) is 1. The van der Waals surface area contributed by atoms with Gasteiger partial charge in [-0.25, -0.2) is 0 Å². The molecule has 0 spiro atoms. The number of hydrogen-bond donors (Lipinski definition) is 3. The highest BCUT2D eigenvalue weighted by Gasteiger charge is 2.18. The van der Waals surface area contributed by atoms with Gasteiger partial charge in [-0.2, -0.15) is 0 Å². The van der Waals surface area contributed by atoms with Crippen molar-refractivity contribution in [3.63, 3.8) is 0 Å². The molecular weight excluding hydrogens is 755 g/mol. The maximum Gasteiger partial charge on any atom is 0.305 e. The lowest BCUT2D eigenvalue weighted by atomic mass is 10.0. The summed E-state index contributed by atoms with van der Waals surface area (Å²) in [5.41, 5.74) is 0. The van der Waals surface area contributed by atoms with Crippen molar-refractivity contribution in [1.29, 1.82) is 0 Å². The number of esters is 1. The highest BCUT2D eigenvalue weighted by atomic mass is 16.5. The van der Waals surface area contributed by atoms with Crippen molar-refractivity contribution in [3.8, 4) is 0 Å². The predicted molar refractivity (Wildman–Crippen MR) is 264 cm³/mol. The Morgan fingerprint density at radius 2 is 0.820 bits per heavy atom. The molecule has 0 radical (unpaired) electrons. The average molecular weight is 858 g/mol. The summed E-state index contributed by atoms with van der Waals surface area (Å²) in [5.74, 6) is -0.101. The summed E-state index contributed by atoms with van der Waals surface area (Å²) in [5, 5.41) is 23.1. The third kappa shape index (κ3) is 47.4. The Balaban J connectivity index is 3.55. The molecular formula is C55H103NO5. The van der Waals surface area contributed by atoms with Gasteiger partial charge in [-0.1, -0.05) is 230 Å². The van der Waals surface area contributed by atoms with Gasteiger partial charge in [0.15, 0.2) is 0 Å². The molecule has 61 heavy (non-hydrogen) atoms. The molecule has 6 heteroatoms. The molecule has 0 rings (SSSR count). The van der Waals surface area contributed by atoms with Gasteiger partial charge in [-0.05, 0) is 70.6 Å². The van der Waals surface area contributed by atoms with Crippen LogP contribution in [0.15, 0.2) is 36.5 Å². The van der Waals surface area contributed by atoms with Gasteiger partial charge in [0.25, 0.3) is 0 Å². The minimum atomic E-state index is -0.855. The van der Waals surface area contributed by atoms with Crippen LogP contribution in [0.4, 0.5) is 0 Å². The second-order valence-electron chi connectivity index (χ2n) is 18.2. The molecule has 2 unspecified atom stereocenters. The Labute approximate surface area is 379 Å². The topological polar surface area (TPSA) is 95.9 Å². The summed E-state index contributed by atoms with van der Waals surface area (Å²) in [6.45, 7) is 4.85. The molecule has 0 aromatic carbocycles. The Hall–Kier alpha value is -1.92. The van der Waals surface area contributed by atoms with Gasteiger partial charge in [-0.15, -0.1) is 0 Å². The maximum absolute atomic E-state index is 12.4. The number of carbonyl (C=O) groups excluding carboxylic acids is 2. The molecule has 0 aromatic rings. The van der Waals surface area contributed by atoms with E-state index in [4.69, 9.17) is 4.74 Å². The smallest absolute Gasteiger partial charge is 0.305 e. The van der Waals surface area contributed by atoms with Crippen LogP contribution in [-0.2, 0) is 14.3 Å². The van der Waals surface area contributed by atoms with Crippen molar-refractivity contribution in [2.24, 2.45) is 0 Å². The number of amides is 1. The number of hydrogen-bond acceptors (Lipinski definition) is 5. The number of rotatable bonds is 49. The molecule has 1 amide bonds. The van der Waals surface area contributed by atoms with Crippen molar-refractivity contribution < 1.29 is 24.5 Å². The van der Waals surface area contributed by atoms with Gasteiger partial charge >= 0.3 is 5.97 Å². The van der Waals surface area contributed by atoms with Crippen LogP contribution >= 0.6 is 0 Å². The fraction of sp³-hybridized carbons (Fsp3) is 0.855. The van der Waals surface area contributed by atoms with Gasteiger partial charge in [0.1, 0.15) is 0 Å². The lowest BCUT2D eigenvalue weighted by molar-refractivity contribution is -0.143. The first-order valence-corrected chi connectivity index (χ1v) is 26.8. The Kier molecular flexibility index (Phi) is 49.1. The number of allylic oxidation sites excluding steroid dienone is 5. The zero-order valence-electron chi connectivity index (χ0n) is 40.6. The highest BCUT2D eigenvalue weighted by Crippen LogP contribution is 2.15. The highest BCUT2D eigenvalue weighted by molar-refractivity contribution is 5.76. The van der Waals surface area contributed by atoms with Gasteiger partial charge in [0.05, 0.1) is 25.4 Å². The predicted octanol–water partition coefficient (Wildman–Crippen LogP) is 16.1. The minimum absolute atomic E-state index is 0.0172. The lowest BCUT2D eigenvalue weighted by Crippen LogP contribution is -2.45. The fourth-order valence-electron chi connectivity index (χ4n) is 8.02. The molecule has 0 bridgehead atoms. The number of nitrogens with one attached hydrogen (secondary N) is 1. The first-order chi connectivity index (χ1) is 30.0. The van der Waals surface area contributed by atoms with Gasteiger partial charge in [-0.3, -0.25) is 9.59 Å². The van der Waals surface area contributed by atoms with Crippen LogP contribution in [0.1, 0.15) is 277 Å². The van der Waals surface area contributed by atoms with E-state index in [0.717, 1.165) is 83.5 Å². The summed E-state index contributed by atoms with van der Waals surface area (Å²) in [6, 6.07) is -0.640. The average Bonchev–Trinajstić information content (AvgIpc) is 3.26. The maximum atomic E-state index is 12.4. The zero-order valence-corrected chi connectivity index (χ0v) is 40.6. The van der Waals surface area contributed by atoms with E-state index in [1.165, 1.54) is 167 Å². The number of carbonyl (C=O) groups is 2. The largest absolute Gasteiger partial charge is 0.466 e. The third-order valence-electron chi connectivity index (χ3n) is 12.2. The number of unbranched alkanes of at least 4 members (excludes halogenated alkanes) is 34. The van der Waals surface area contributed by atoms with Crippen molar-refractivity contribution in [2.45, 2.75) is 289 Å². The summed E-state index contributed by atoms with van der Waals surface area (Å²) < 4.78 is 5.43. The fourth-order valence-corrected chi connectivity index (χ4v) is 8.02. The van der Waals surface area contributed by atoms with E-state index in [1.807, 2.05) is 6.08 Å². The van der Waals surface area contributed by atoms with Crippen LogP contribution in [-0.4, -0.2) is 47.4 Å². The third-order valence-corrected chi connectivity index (χ3v) is 12.2. The second-order valence-corrected chi connectivity index (χ2v) is 18.2. The molecule has 0 aliphatic rings. The van der Waals surface area contributed by atoms with Crippen LogP contribution in [0.25, 0.3) is 0 Å². The molecule has 358 valence electrons. The van der Waals surface area contributed by atoms with Crippen LogP contribution < -0.4 is 5.32 Å². The van der Waals surface area contributed by atoms with Gasteiger partial charge in [0.2, 0.25) is 5.91 Å². The van der Waals surface area contributed by atoms with Crippen molar-refractivity contribution in [3.05, 3.63) is 36.5 Å². The lowest BCUT2D eigenvalue weighted by Gasteiger charge is -2.20. The first-order valence-electron chi connectivity index (χ1n) is 26.8. The summed E-state index contributed by atoms with van der Waals surface area (Å²) >= 11 is 0. The van der Waals surface area contributed by atoms with Crippen molar-refractivity contribution in [1.82, 2.24) is 5.32 Å². The summed E-state index contributed by atoms with van der Waals surface area (Å²) in [6.07, 6.45) is 61.5. The molecule has 0 aliphatic carbocycles. The normalized spacial score (nSPS) is 12.9. The standard InChI is InChI=1S/C55H103NO5/c1-3-5-7-9-11-13-15-16-17-21-24-28-31-35-39-43-47-53(58)52(51-57)56-54(59)48-44-40-36-32-29-25-22-19-18-20-23-26-30-34-38-42-46-50-61-55(60)49-45-41-37-33-27-14-12-10-8-6-4-2/h18,20,26,30,43,47,52-53,57-58H,3-17,19,21-25,27-29,31-42,44-46,48-51H2,1-2H3,(H,56,59)/b20-18-,30-26-,47-43+. The van der Waals surface area contributed by atoms with Crippen LogP contribution in [0.5, 0.6) is 0 Å². The van der Waals surface area contributed by atoms with Gasteiger partial charge in [0, 0.05) is 12.8 Å². The molecule has 0 saturated carbocycles. The van der Waals surface area contributed by atoms with Crippen molar-refractivity contribution >= 4 is 11.9 Å². The quantitative estimate of drug-likeness (QED) is 0.0322. The van der Waals surface area contributed by atoms with E-state index in [0.29, 0.717) is 19.4 Å². The Morgan fingerprint density at radius 1 is 0.459 bits per heavy atom. The Bertz CT molecular complexity index is 993. The molecule has 0 fully saturated rings. The van der Waals surface area contributed by atoms with E-state index >= 15 is 0 Å². The number of aliphatic hydroxyl groups excluding tert-OH is 2. The van der Waals surface area contributed by atoms with E-state index in [1.54, 1.807) is 6.08 Å². The molecule has 0 heterocycles. The van der Waals surface area contributed by atoms with E-state index < -0.39 is 12.1 Å². The monoisotopic (exact) mass is 858 g/mol. The van der Waals surface area contributed by atoms with E-state index in [-0.39, 0.29) is 18.5 Å². The first kappa shape index (κ1) is 59.1. The molecule has 3 N–H and O–H groups in total.